The molecule has 0 aliphatic heterocycles. The van der Waals surface area contributed by atoms with Gasteiger partial charge < -0.3 is 10.6 Å². The lowest BCUT2D eigenvalue weighted by atomic mass is 10.1. The van der Waals surface area contributed by atoms with Gasteiger partial charge in [0.15, 0.2) is 5.82 Å². The van der Waals surface area contributed by atoms with Crippen molar-refractivity contribution in [3.05, 3.63) is 41.1 Å². The second kappa shape index (κ2) is 5.56. The highest BCUT2D eigenvalue weighted by Gasteiger charge is 2.13. The second-order valence-electron chi connectivity index (χ2n) is 4.35. The monoisotopic (exact) mass is 258 g/mol. The van der Waals surface area contributed by atoms with Crippen molar-refractivity contribution in [2.75, 3.05) is 17.2 Å². The van der Waals surface area contributed by atoms with Gasteiger partial charge in [0.25, 0.3) is 5.91 Å². The lowest BCUT2D eigenvalue weighted by Gasteiger charge is -2.10. The Hall–Kier alpha value is -2.30. The number of para-hydroxylation sites is 1. The molecular weight excluding hydrogens is 240 g/mol. The Kier molecular flexibility index (Phi) is 3.85. The summed E-state index contributed by atoms with van der Waals surface area (Å²) >= 11 is 0. The van der Waals surface area contributed by atoms with Crippen molar-refractivity contribution in [3.8, 4) is 0 Å². The third-order valence-corrected chi connectivity index (χ3v) is 3.02. The maximum Gasteiger partial charge on any atom is 0.258 e. The van der Waals surface area contributed by atoms with Crippen molar-refractivity contribution in [3.63, 3.8) is 0 Å². The predicted molar refractivity (Wildman–Crippen MR) is 76.6 cm³/mol. The van der Waals surface area contributed by atoms with Gasteiger partial charge in [-0.15, -0.1) is 0 Å². The van der Waals surface area contributed by atoms with E-state index in [1.54, 1.807) is 6.07 Å². The summed E-state index contributed by atoms with van der Waals surface area (Å²) in [6.07, 6.45) is 0. The van der Waals surface area contributed by atoms with Crippen LogP contribution >= 0.6 is 0 Å². The highest BCUT2D eigenvalue weighted by atomic mass is 16.1. The van der Waals surface area contributed by atoms with E-state index in [9.17, 15) is 4.79 Å². The first-order valence-electron chi connectivity index (χ1n) is 6.29. The summed E-state index contributed by atoms with van der Waals surface area (Å²) < 4.78 is 0. The van der Waals surface area contributed by atoms with Crippen LogP contribution in [0, 0.1) is 13.8 Å². The van der Waals surface area contributed by atoms with E-state index in [0.29, 0.717) is 11.4 Å². The van der Waals surface area contributed by atoms with E-state index in [-0.39, 0.29) is 5.91 Å². The third kappa shape index (κ3) is 2.76. The predicted octanol–water partition coefficient (Wildman–Crippen LogP) is 2.71. The molecule has 0 spiro atoms. The van der Waals surface area contributed by atoms with Crippen LogP contribution in [0.4, 0.5) is 11.5 Å². The SMILES string of the molecule is CCNc1ccccc1C(=O)Nc1n[nH]c(C)c1C. The van der Waals surface area contributed by atoms with Gasteiger partial charge in [-0.3, -0.25) is 9.89 Å². The lowest BCUT2D eigenvalue weighted by molar-refractivity contribution is 0.102. The minimum absolute atomic E-state index is 0.161. The highest BCUT2D eigenvalue weighted by molar-refractivity contribution is 6.07. The minimum atomic E-state index is -0.161. The summed E-state index contributed by atoms with van der Waals surface area (Å²) in [6, 6.07) is 7.43. The zero-order valence-corrected chi connectivity index (χ0v) is 11.4. The van der Waals surface area contributed by atoms with Crippen LogP contribution < -0.4 is 10.6 Å². The Balaban J connectivity index is 2.23. The lowest BCUT2D eigenvalue weighted by Crippen LogP contribution is -2.15. The topological polar surface area (TPSA) is 69.8 Å². The van der Waals surface area contributed by atoms with E-state index in [0.717, 1.165) is 23.5 Å². The number of carbonyl (C=O) groups excluding carboxylic acids is 1. The van der Waals surface area contributed by atoms with Crippen LogP contribution in [-0.2, 0) is 0 Å². The van der Waals surface area contributed by atoms with E-state index >= 15 is 0 Å². The average molecular weight is 258 g/mol. The van der Waals surface area contributed by atoms with Gasteiger partial charge >= 0.3 is 0 Å². The van der Waals surface area contributed by atoms with Gasteiger partial charge in [-0.1, -0.05) is 12.1 Å². The van der Waals surface area contributed by atoms with Crippen molar-refractivity contribution < 1.29 is 4.79 Å². The van der Waals surface area contributed by atoms with Crippen LogP contribution in [0.3, 0.4) is 0 Å². The Labute approximate surface area is 112 Å². The number of hydrogen-bond donors (Lipinski definition) is 3. The summed E-state index contributed by atoms with van der Waals surface area (Å²) in [5.74, 6) is 0.417. The zero-order valence-electron chi connectivity index (χ0n) is 11.4. The largest absolute Gasteiger partial charge is 0.385 e. The molecule has 0 fully saturated rings. The van der Waals surface area contributed by atoms with Crippen LogP contribution in [0.5, 0.6) is 0 Å². The smallest absolute Gasteiger partial charge is 0.258 e. The molecule has 2 aromatic rings. The minimum Gasteiger partial charge on any atom is -0.385 e. The number of anilines is 2. The fraction of sp³-hybridized carbons (Fsp3) is 0.286. The van der Waals surface area contributed by atoms with Crippen LogP contribution in [0.1, 0.15) is 28.5 Å². The first-order chi connectivity index (χ1) is 9.13. The number of aromatic nitrogens is 2. The number of aromatic amines is 1. The molecule has 0 unspecified atom stereocenters. The van der Waals surface area contributed by atoms with Crippen LogP contribution in [0.2, 0.25) is 0 Å². The number of benzene rings is 1. The molecule has 2 rings (SSSR count). The maximum absolute atomic E-state index is 12.3. The molecule has 0 saturated carbocycles. The Morgan fingerprint density at radius 3 is 2.68 bits per heavy atom. The molecule has 1 aromatic carbocycles. The highest BCUT2D eigenvalue weighted by Crippen LogP contribution is 2.19. The van der Waals surface area contributed by atoms with Gasteiger partial charge in [-0.2, -0.15) is 5.10 Å². The number of rotatable bonds is 4. The molecule has 0 atom stereocenters. The molecule has 0 bridgehead atoms. The quantitative estimate of drug-likeness (QED) is 0.789. The Morgan fingerprint density at radius 1 is 1.32 bits per heavy atom. The van der Waals surface area contributed by atoms with Gasteiger partial charge in [0.2, 0.25) is 0 Å². The zero-order chi connectivity index (χ0) is 13.8. The average Bonchev–Trinajstić information content (AvgIpc) is 2.72. The molecule has 1 amide bonds. The molecule has 100 valence electrons. The van der Waals surface area contributed by atoms with Gasteiger partial charge in [0.1, 0.15) is 0 Å². The van der Waals surface area contributed by atoms with Crippen LogP contribution in [-0.4, -0.2) is 22.6 Å². The number of H-pyrrole nitrogens is 1. The van der Waals surface area contributed by atoms with Crippen molar-refractivity contribution >= 4 is 17.4 Å². The number of aryl methyl sites for hydroxylation is 1. The fourth-order valence-electron chi connectivity index (χ4n) is 1.81. The van der Waals surface area contributed by atoms with Gasteiger partial charge in [-0.05, 0) is 32.9 Å². The molecule has 0 saturated heterocycles. The molecule has 5 nitrogen and oxygen atoms in total. The van der Waals surface area contributed by atoms with E-state index in [1.807, 2.05) is 39.0 Å². The van der Waals surface area contributed by atoms with Gasteiger partial charge in [0.05, 0.1) is 5.56 Å². The normalized spacial score (nSPS) is 10.3. The summed E-state index contributed by atoms with van der Waals surface area (Å²) in [7, 11) is 0. The standard InChI is InChI=1S/C14H18N4O/c1-4-15-12-8-6-5-7-11(12)14(19)16-13-9(2)10(3)17-18-13/h5-8,15H,4H2,1-3H3,(H2,16,17,18,19). The Morgan fingerprint density at radius 2 is 2.05 bits per heavy atom. The first-order valence-corrected chi connectivity index (χ1v) is 6.29. The third-order valence-electron chi connectivity index (χ3n) is 3.02. The fourth-order valence-corrected chi connectivity index (χ4v) is 1.81. The van der Waals surface area contributed by atoms with Gasteiger partial charge in [-0.25, -0.2) is 0 Å². The number of carbonyl (C=O) groups is 1. The van der Waals surface area contributed by atoms with Crippen molar-refractivity contribution in [2.24, 2.45) is 0 Å². The molecule has 1 heterocycles. The van der Waals surface area contributed by atoms with Crippen molar-refractivity contribution in [1.82, 2.24) is 10.2 Å². The first kappa shape index (κ1) is 13.1. The summed E-state index contributed by atoms with van der Waals surface area (Å²) in [5.41, 5.74) is 3.35. The number of nitrogens with one attached hydrogen (secondary N) is 3. The number of amides is 1. The molecule has 0 aliphatic carbocycles. The molecular formula is C14H18N4O. The van der Waals surface area contributed by atoms with Crippen molar-refractivity contribution in [1.29, 1.82) is 0 Å². The maximum atomic E-state index is 12.3. The van der Waals surface area contributed by atoms with E-state index in [2.05, 4.69) is 20.8 Å². The molecule has 5 heteroatoms. The summed E-state index contributed by atoms with van der Waals surface area (Å²) in [5, 5.41) is 12.9. The summed E-state index contributed by atoms with van der Waals surface area (Å²) in [4.78, 5) is 12.3. The molecule has 3 N–H and O–H groups in total. The molecule has 0 aliphatic rings. The Bertz CT molecular complexity index is 589. The van der Waals surface area contributed by atoms with Crippen LogP contribution in [0.25, 0.3) is 0 Å². The van der Waals surface area contributed by atoms with Crippen molar-refractivity contribution in [2.45, 2.75) is 20.8 Å². The number of nitrogens with zero attached hydrogens (tertiary/aromatic N) is 1. The molecule has 1 aromatic heterocycles. The van der Waals surface area contributed by atoms with Gasteiger partial charge in [0, 0.05) is 23.5 Å². The van der Waals surface area contributed by atoms with E-state index < -0.39 is 0 Å². The number of hydrogen-bond acceptors (Lipinski definition) is 3. The second-order valence-corrected chi connectivity index (χ2v) is 4.35. The van der Waals surface area contributed by atoms with Crippen LogP contribution in [0.15, 0.2) is 24.3 Å². The summed E-state index contributed by atoms with van der Waals surface area (Å²) in [6.45, 7) is 6.61. The van der Waals surface area contributed by atoms with E-state index in [4.69, 9.17) is 0 Å². The molecule has 19 heavy (non-hydrogen) atoms. The van der Waals surface area contributed by atoms with E-state index in [1.165, 1.54) is 0 Å². The molecule has 0 radical (unpaired) electrons.